The molecule has 0 aliphatic heterocycles. The number of hydrogen-bond donors (Lipinski definition) is 0. The lowest BCUT2D eigenvalue weighted by molar-refractivity contribution is 0.967. The molecule has 0 saturated carbocycles. The molecule has 0 heterocycles. The second kappa shape index (κ2) is 4.13. The van der Waals surface area contributed by atoms with Gasteiger partial charge in [-0.1, -0.05) is 18.7 Å². The molecule has 0 bridgehead atoms. The third-order valence-corrected chi connectivity index (χ3v) is 2.39. The Morgan fingerprint density at radius 3 is 2.62 bits per heavy atom. The molecule has 0 aliphatic rings. The number of anilines is 1. The first-order chi connectivity index (χ1) is 6.19. The van der Waals surface area contributed by atoms with E-state index in [0.717, 1.165) is 6.54 Å². The van der Waals surface area contributed by atoms with Crippen LogP contribution < -0.4 is 4.90 Å². The van der Waals surface area contributed by atoms with Crippen LogP contribution in [0.5, 0.6) is 0 Å². The van der Waals surface area contributed by atoms with Gasteiger partial charge in [0.15, 0.2) is 0 Å². The van der Waals surface area contributed by atoms with Gasteiger partial charge in [-0.15, -0.1) is 0 Å². The van der Waals surface area contributed by atoms with Crippen LogP contribution in [0.1, 0.15) is 18.1 Å². The molecule has 0 aromatic heterocycles. The highest BCUT2D eigenvalue weighted by Gasteiger charge is 1.99. The molecule has 0 N–H and O–H groups in total. The average molecular weight is 175 g/mol. The molecule has 1 aromatic rings. The van der Waals surface area contributed by atoms with Crippen LogP contribution >= 0.6 is 0 Å². The SMILES string of the molecule is C=Cc1ccc(N(C)CC)cc1C. The minimum atomic E-state index is 1.03. The Hall–Kier alpha value is -1.24. The molecule has 0 unspecified atom stereocenters. The van der Waals surface area contributed by atoms with Crippen molar-refractivity contribution in [3.05, 3.63) is 35.9 Å². The Morgan fingerprint density at radius 1 is 1.46 bits per heavy atom. The van der Waals surface area contributed by atoms with Gasteiger partial charge in [0.25, 0.3) is 0 Å². The summed E-state index contributed by atoms with van der Waals surface area (Å²) in [7, 11) is 2.10. The third kappa shape index (κ3) is 2.11. The van der Waals surface area contributed by atoms with Crippen molar-refractivity contribution in [2.45, 2.75) is 13.8 Å². The molecule has 0 fully saturated rings. The topological polar surface area (TPSA) is 3.24 Å². The molecule has 1 aromatic carbocycles. The zero-order valence-corrected chi connectivity index (χ0v) is 8.67. The van der Waals surface area contributed by atoms with Crippen molar-refractivity contribution in [2.75, 3.05) is 18.5 Å². The molecule has 0 spiro atoms. The highest BCUT2D eigenvalue weighted by atomic mass is 15.1. The van der Waals surface area contributed by atoms with E-state index in [1.807, 2.05) is 6.08 Å². The summed E-state index contributed by atoms with van der Waals surface area (Å²) >= 11 is 0. The van der Waals surface area contributed by atoms with Gasteiger partial charge in [0.2, 0.25) is 0 Å². The average Bonchev–Trinajstić information content (AvgIpc) is 2.16. The number of nitrogens with zero attached hydrogens (tertiary/aromatic N) is 1. The summed E-state index contributed by atoms with van der Waals surface area (Å²) in [6.07, 6.45) is 1.89. The van der Waals surface area contributed by atoms with Crippen LogP contribution in [0, 0.1) is 6.92 Å². The smallest absolute Gasteiger partial charge is 0.0366 e. The van der Waals surface area contributed by atoms with Crippen LogP contribution in [-0.2, 0) is 0 Å². The van der Waals surface area contributed by atoms with Gasteiger partial charge >= 0.3 is 0 Å². The maximum absolute atomic E-state index is 3.77. The Kier molecular flexibility index (Phi) is 3.13. The van der Waals surface area contributed by atoms with E-state index in [4.69, 9.17) is 0 Å². The molecule has 1 nitrogen and oxygen atoms in total. The summed E-state index contributed by atoms with van der Waals surface area (Å²) < 4.78 is 0. The Morgan fingerprint density at radius 2 is 2.15 bits per heavy atom. The van der Waals surface area contributed by atoms with Crippen molar-refractivity contribution in [2.24, 2.45) is 0 Å². The second-order valence-corrected chi connectivity index (χ2v) is 3.26. The molecular formula is C12H17N. The lowest BCUT2D eigenvalue weighted by Gasteiger charge is -2.17. The molecule has 0 atom stereocenters. The van der Waals surface area contributed by atoms with Gasteiger partial charge in [-0.3, -0.25) is 0 Å². The normalized spacial score (nSPS) is 9.77. The van der Waals surface area contributed by atoms with Gasteiger partial charge in [-0.05, 0) is 37.1 Å². The van der Waals surface area contributed by atoms with Crippen molar-refractivity contribution in [1.29, 1.82) is 0 Å². The first-order valence-electron chi connectivity index (χ1n) is 4.63. The van der Waals surface area contributed by atoms with E-state index in [-0.39, 0.29) is 0 Å². The predicted molar refractivity (Wildman–Crippen MR) is 60.2 cm³/mol. The second-order valence-electron chi connectivity index (χ2n) is 3.26. The molecule has 1 rings (SSSR count). The summed E-state index contributed by atoms with van der Waals surface area (Å²) in [6.45, 7) is 9.07. The van der Waals surface area contributed by atoms with Crippen molar-refractivity contribution in [3.8, 4) is 0 Å². The number of aryl methyl sites for hydroxylation is 1. The fraction of sp³-hybridized carbons (Fsp3) is 0.333. The van der Waals surface area contributed by atoms with Crippen molar-refractivity contribution >= 4 is 11.8 Å². The maximum atomic E-state index is 3.77. The first kappa shape index (κ1) is 9.85. The Balaban J connectivity index is 3.02. The standard InChI is InChI=1S/C12H17N/c1-5-11-7-8-12(9-10(11)3)13(4)6-2/h5,7-9H,1,6H2,2-4H3. The molecular weight excluding hydrogens is 158 g/mol. The van der Waals surface area contributed by atoms with Crippen LogP contribution in [0.4, 0.5) is 5.69 Å². The van der Waals surface area contributed by atoms with E-state index in [2.05, 4.69) is 50.6 Å². The van der Waals surface area contributed by atoms with E-state index in [1.165, 1.54) is 16.8 Å². The van der Waals surface area contributed by atoms with Crippen LogP contribution in [0.25, 0.3) is 6.08 Å². The van der Waals surface area contributed by atoms with Crippen molar-refractivity contribution < 1.29 is 0 Å². The molecule has 70 valence electrons. The van der Waals surface area contributed by atoms with Crippen molar-refractivity contribution in [3.63, 3.8) is 0 Å². The monoisotopic (exact) mass is 175 g/mol. The lowest BCUT2D eigenvalue weighted by atomic mass is 10.1. The largest absolute Gasteiger partial charge is 0.375 e. The van der Waals surface area contributed by atoms with Gasteiger partial charge in [-0.25, -0.2) is 0 Å². The van der Waals surface area contributed by atoms with Gasteiger partial charge in [0.1, 0.15) is 0 Å². The highest BCUT2D eigenvalue weighted by molar-refractivity contribution is 5.58. The minimum Gasteiger partial charge on any atom is -0.375 e. The summed E-state index contributed by atoms with van der Waals surface area (Å²) in [5.41, 5.74) is 3.77. The van der Waals surface area contributed by atoms with Crippen LogP contribution in [0.15, 0.2) is 24.8 Å². The fourth-order valence-electron chi connectivity index (χ4n) is 1.31. The Labute approximate surface area is 80.7 Å². The molecule has 1 heteroatoms. The summed E-state index contributed by atoms with van der Waals surface area (Å²) in [4.78, 5) is 2.22. The molecule has 0 amide bonds. The summed E-state index contributed by atoms with van der Waals surface area (Å²) in [5.74, 6) is 0. The zero-order chi connectivity index (χ0) is 9.84. The van der Waals surface area contributed by atoms with E-state index in [1.54, 1.807) is 0 Å². The third-order valence-electron chi connectivity index (χ3n) is 2.39. The van der Waals surface area contributed by atoms with Crippen LogP contribution in [0.3, 0.4) is 0 Å². The van der Waals surface area contributed by atoms with E-state index in [9.17, 15) is 0 Å². The first-order valence-corrected chi connectivity index (χ1v) is 4.63. The van der Waals surface area contributed by atoms with E-state index >= 15 is 0 Å². The van der Waals surface area contributed by atoms with Crippen LogP contribution in [-0.4, -0.2) is 13.6 Å². The quantitative estimate of drug-likeness (QED) is 0.682. The van der Waals surface area contributed by atoms with Gasteiger partial charge < -0.3 is 4.90 Å². The maximum Gasteiger partial charge on any atom is 0.0366 e. The molecule has 0 aliphatic carbocycles. The number of hydrogen-bond acceptors (Lipinski definition) is 1. The van der Waals surface area contributed by atoms with Gasteiger partial charge in [0.05, 0.1) is 0 Å². The van der Waals surface area contributed by atoms with E-state index in [0.29, 0.717) is 0 Å². The zero-order valence-electron chi connectivity index (χ0n) is 8.67. The predicted octanol–water partition coefficient (Wildman–Crippen LogP) is 3.09. The van der Waals surface area contributed by atoms with Gasteiger partial charge in [-0.2, -0.15) is 0 Å². The summed E-state index contributed by atoms with van der Waals surface area (Å²) in [5, 5.41) is 0. The highest BCUT2D eigenvalue weighted by Crippen LogP contribution is 2.18. The number of benzene rings is 1. The Bertz CT molecular complexity index is 302. The molecule has 0 radical (unpaired) electrons. The fourth-order valence-corrected chi connectivity index (χ4v) is 1.31. The minimum absolute atomic E-state index is 1.03. The molecule has 0 saturated heterocycles. The molecule has 13 heavy (non-hydrogen) atoms. The van der Waals surface area contributed by atoms with Gasteiger partial charge in [0, 0.05) is 19.3 Å². The summed E-state index contributed by atoms with van der Waals surface area (Å²) in [6, 6.07) is 6.44. The number of rotatable bonds is 3. The van der Waals surface area contributed by atoms with Crippen LogP contribution in [0.2, 0.25) is 0 Å². The van der Waals surface area contributed by atoms with Crippen molar-refractivity contribution in [1.82, 2.24) is 0 Å². The van der Waals surface area contributed by atoms with E-state index < -0.39 is 0 Å². The lowest BCUT2D eigenvalue weighted by Crippen LogP contribution is -2.15.